The highest BCUT2D eigenvalue weighted by Gasteiger charge is 2.09. The molecule has 0 aromatic heterocycles. The highest BCUT2D eigenvalue weighted by molar-refractivity contribution is 5.97. The van der Waals surface area contributed by atoms with E-state index in [1.807, 2.05) is 45.0 Å². The van der Waals surface area contributed by atoms with E-state index in [-0.39, 0.29) is 17.6 Å². The maximum atomic E-state index is 11.8. The van der Waals surface area contributed by atoms with E-state index in [4.69, 9.17) is 0 Å². The molecular formula is C17H23NO2. The van der Waals surface area contributed by atoms with Gasteiger partial charge in [-0.05, 0) is 18.9 Å². The van der Waals surface area contributed by atoms with Crippen molar-refractivity contribution < 1.29 is 9.59 Å². The van der Waals surface area contributed by atoms with Gasteiger partial charge in [0.1, 0.15) is 0 Å². The van der Waals surface area contributed by atoms with Crippen LogP contribution in [0.2, 0.25) is 0 Å². The molecule has 20 heavy (non-hydrogen) atoms. The van der Waals surface area contributed by atoms with Crippen molar-refractivity contribution in [3.63, 3.8) is 0 Å². The molecule has 0 atom stereocenters. The highest BCUT2D eigenvalue weighted by Crippen LogP contribution is 2.10. The van der Waals surface area contributed by atoms with Crippen LogP contribution in [0.15, 0.2) is 36.4 Å². The first-order chi connectivity index (χ1) is 9.40. The largest absolute Gasteiger partial charge is 0.352 e. The van der Waals surface area contributed by atoms with Gasteiger partial charge in [0.25, 0.3) is 0 Å². The molecule has 0 aliphatic carbocycles. The molecule has 0 aliphatic rings. The molecule has 0 fully saturated rings. The average Bonchev–Trinajstić information content (AvgIpc) is 2.42. The Hall–Kier alpha value is -1.90. The summed E-state index contributed by atoms with van der Waals surface area (Å²) in [5, 5.41) is 2.86. The fourth-order valence-corrected chi connectivity index (χ4v) is 1.74. The smallest absolute Gasteiger partial charge is 0.220 e. The summed E-state index contributed by atoms with van der Waals surface area (Å²) < 4.78 is 0. The van der Waals surface area contributed by atoms with Gasteiger partial charge in [0, 0.05) is 24.4 Å². The van der Waals surface area contributed by atoms with Crippen LogP contribution in [0.1, 0.15) is 49.5 Å². The monoisotopic (exact) mass is 273 g/mol. The zero-order valence-electron chi connectivity index (χ0n) is 12.5. The van der Waals surface area contributed by atoms with Crippen LogP contribution in [0.5, 0.6) is 0 Å². The van der Waals surface area contributed by atoms with Gasteiger partial charge in [0.15, 0.2) is 5.78 Å². The van der Waals surface area contributed by atoms with Crippen molar-refractivity contribution in [2.75, 3.05) is 0 Å². The molecule has 3 heteroatoms. The van der Waals surface area contributed by atoms with Gasteiger partial charge in [-0.25, -0.2) is 0 Å². The molecule has 1 aromatic carbocycles. The molecule has 0 saturated heterocycles. The zero-order chi connectivity index (χ0) is 15.1. The average molecular weight is 273 g/mol. The van der Waals surface area contributed by atoms with E-state index in [0.29, 0.717) is 19.4 Å². The third-order valence-electron chi connectivity index (χ3n) is 3.03. The number of carbonyl (C=O) groups excluding carboxylic acids is 2. The molecule has 0 heterocycles. The maximum absolute atomic E-state index is 11.8. The summed E-state index contributed by atoms with van der Waals surface area (Å²) in [7, 11) is 0. The summed E-state index contributed by atoms with van der Waals surface area (Å²) in [5.41, 5.74) is 2.73. The number of hydrogen-bond donors (Lipinski definition) is 1. The van der Waals surface area contributed by atoms with Crippen LogP contribution >= 0.6 is 0 Å². The standard InChI is InChI=1S/C17H23NO2/c1-12(2)5-10-16(19)18-11-14-6-8-15(9-7-14)17(20)13(3)4/h6-9,13H,1,5,10-11H2,2-4H3,(H,18,19). The topological polar surface area (TPSA) is 46.2 Å². The third-order valence-corrected chi connectivity index (χ3v) is 3.03. The lowest BCUT2D eigenvalue weighted by atomic mass is 10.00. The van der Waals surface area contributed by atoms with Crippen LogP contribution in [0, 0.1) is 5.92 Å². The van der Waals surface area contributed by atoms with Crippen molar-refractivity contribution in [2.45, 2.75) is 40.2 Å². The molecule has 108 valence electrons. The fourth-order valence-electron chi connectivity index (χ4n) is 1.74. The maximum Gasteiger partial charge on any atom is 0.220 e. The van der Waals surface area contributed by atoms with Crippen LogP contribution in [0.3, 0.4) is 0 Å². The summed E-state index contributed by atoms with van der Waals surface area (Å²) in [6, 6.07) is 7.40. The second-order valence-electron chi connectivity index (χ2n) is 5.45. The number of ketones is 1. The highest BCUT2D eigenvalue weighted by atomic mass is 16.1. The van der Waals surface area contributed by atoms with E-state index in [1.165, 1.54) is 0 Å². The van der Waals surface area contributed by atoms with Gasteiger partial charge in [-0.15, -0.1) is 6.58 Å². The van der Waals surface area contributed by atoms with E-state index in [2.05, 4.69) is 11.9 Å². The first-order valence-corrected chi connectivity index (χ1v) is 6.94. The molecule has 1 rings (SSSR count). The Kier molecular flexibility index (Phi) is 6.16. The molecule has 1 N–H and O–H groups in total. The molecular weight excluding hydrogens is 250 g/mol. The third kappa shape index (κ3) is 5.39. The summed E-state index contributed by atoms with van der Waals surface area (Å²) in [6.45, 7) is 9.95. The summed E-state index contributed by atoms with van der Waals surface area (Å²) in [5.74, 6) is 0.167. The Bertz CT molecular complexity index is 486. The molecule has 0 saturated carbocycles. The van der Waals surface area contributed by atoms with Crippen LogP contribution in [0.4, 0.5) is 0 Å². The van der Waals surface area contributed by atoms with E-state index in [9.17, 15) is 9.59 Å². The molecule has 1 aromatic rings. The Labute approximate surface area is 121 Å². The second kappa shape index (κ2) is 7.63. The summed E-state index contributed by atoms with van der Waals surface area (Å²) >= 11 is 0. The van der Waals surface area contributed by atoms with E-state index >= 15 is 0 Å². The van der Waals surface area contributed by atoms with Gasteiger partial charge < -0.3 is 5.32 Å². The number of benzene rings is 1. The first-order valence-electron chi connectivity index (χ1n) is 6.94. The Morgan fingerprint density at radius 3 is 2.25 bits per heavy atom. The fraction of sp³-hybridized carbons (Fsp3) is 0.412. The SMILES string of the molecule is C=C(C)CCC(=O)NCc1ccc(C(=O)C(C)C)cc1. The lowest BCUT2D eigenvalue weighted by Gasteiger charge is -2.07. The lowest BCUT2D eigenvalue weighted by molar-refractivity contribution is -0.121. The van der Waals surface area contributed by atoms with Gasteiger partial charge in [0.2, 0.25) is 5.91 Å². The minimum atomic E-state index is 0.00250. The number of hydrogen-bond acceptors (Lipinski definition) is 2. The molecule has 0 radical (unpaired) electrons. The number of allylic oxidation sites excluding steroid dienone is 1. The minimum Gasteiger partial charge on any atom is -0.352 e. The minimum absolute atomic E-state index is 0.00250. The lowest BCUT2D eigenvalue weighted by Crippen LogP contribution is -2.22. The summed E-state index contributed by atoms with van der Waals surface area (Å²) in [4.78, 5) is 23.4. The van der Waals surface area contributed by atoms with Crippen molar-refractivity contribution in [3.05, 3.63) is 47.5 Å². The Morgan fingerprint density at radius 2 is 1.75 bits per heavy atom. The second-order valence-corrected chi connectivity index (χ2v) is 5.45. The molecule has 1 amide bonds. The van der Waals surface area contributed by atoms with Crippen LogP contribution in [-0.2, 0) is 11.3 Å². The first kappa shape index (κ1) is 16.2. The van der Waals surface area contributed by atoms with Crippen LogP contribution in [0.25, 0.3) is 0 Å². The summed E-state index contributed by atoms with van der Waals surface area (Å²) in [6.07, 6.45) is 1.19. The van der Waals surface area contributed by atoms with E-state index in [0.717, 1.165) is 16.7 Å². The zero-order valence-corrected chi connectivity index (χ0v) is 12.5. The number of carbonyl (C=O) groups is 2. The van der Waals surface area contributed by atoms with Gasteiger partial charge in [-0.2, -0.15) is 0 Å². The molecule has 0 unspecified atom stereocenters. The van der Waals surface area contributed by atoms with Crippen molar-refractivity contribution >= 4 is 11.7 Å². The number of amides is 1. The normalized spacial score (nSPS) is 10.4. The predicted octanol–water partition coefficient (Wildman–Crippen LogP) is 3.50. The molecule has 3 nitrogen and oxygen atoms in total. The van der Waals surface area contributed by atoms with Gasteiger partial charge >= 0.3 is 0 Å². The van der Waals surface area contributed by atoms with Gasteiger partial charge in [-0.3, -0.25) is 9.59 Å². The van der Waals surface area contributed by atoms with E-state index < -0.39 is 0 Å². The van der Waals surface area contributed by atoms with Crippen molar-refractivity contribution in [1.82, 2.24) is 5.32 Å². The van der Waals surface area contributed by atoms with E-state index in [1.54, 1.807) is 0 Å². The van der Waals surface area contributed by atoms with Crippen molar-refractivity contribution in [3.8, 4) is 0 Å². The van der Waals surface area contributed by atoms with Gasteiger partial charge in [0.05, 0.1) is 0 Å². The number of Topliss-reactive ketones (excluding diaryl/α,β-unsaturated/α-hetero) is 1. The Balaban J connectivity index is 2.48. The number of rotatable bonds is 7. The predicted molar refractivity (Wildman–Crippen MR) is 81.5 cm³/mol. The Morgan fingerprint density at radius 1 is 1.15 bits per heavy atom. The van der Waals surface area contributed by atoms with Crippen molar-refractivity contribution in [1.29, 1.82) is 0 Å². The quantitative estimate of drug-likeness (QED) is 0.610. The molecule has 0 spiro atoms. The van der Waals surface area contributed by atoms with Crippen LogP contribution in [-0.4, -0.2) is 11.7 Å². The van der Waals surface area contributed by atoms with Gasteiger partial charge in [-0.1, -0.05) is 43.7 Å². The molecule has 0 aliphatic heterocycles. The van der Waals surface area contributed by atoms with Crippen LogP contribution < -0.4 is 5.32 Å². The number of nitrogens with one attached hydrogen (secondary N) is 1. The van der Waals surface area contributed by atoms with Crippen molar-refractivity contribution in [2.24, 2.45) is 5.92 Å². The molecule has 0 bridgehead atoms.